The zero-order chi connectivity index (χ0) is 44.8. The van der Waals surface area contributed by atoms with Crippen molar-refractivity contribution in [2.45, 2.75) is 240 Å². The minimum atomic E-state index is -0.663. The monoisotopic (exact) mass is 986 g/mol. The molecule has 0 aromatic heterocycles. The first kappa shape index (κ1) is 60.4. The molecule has 0 aromatic rings. The van der Waals surface area contributed by atoms with Gasteiger partial charge < -0.3 is 24.8 Å². The maximum atomic E-state index is 11.8. The van der Waals surface area contributed by atoms with Gasteiger partial charge in [-0.3, -0.25) is 14.4 Å². The number of unbranched alkanes of at least 4 members (excludes halogenated alkanes) is 21. The summed E-state index contributed by atoms with van der Waals surface area (Å²) in [6, 6.07) is 0. The lowest BCUT2D eigenvalue weighted by molar-refractivity contribution is -0.144. The third-order valence-corrected chi connectivity index (χ3v) is 20.3. The molecule has 0 spiro atoms. The number of aliphatic hydroxyl groups excluding tert-OH is 2. The van der Waals surface area contributed by atoms with Crippen molar-refractivity contribution >= 4 is 82.7 Å². The summed E-state index contributed by atoms with van der Waals surface area (Å²) >= 11 is 0. The second kappa shape index (κ2) is 47.9. The molecule has 0 saturated carbocycles. The summed E-state index contributed by atoms with van der Waals surface area (Å²) in [5.74, 6) is 3.17. The van der Waals surface area contributed by atoms with E-state index in [9.17, 15) is 14.4 Å². The zero-order valence-corrected chi connectivity index (χ0v) is 43.7. The first-order chi connectivity index (χ1) is 30.4. The van der Waals surface area contributed by atoms with E-state index in [2.05, 4.69) is 0 Å². The van der Waals surface area contributed by atoms with Crippen molar-refractivity contribution in [1.29, 1.82) is 0 Å². The molecule has 3 aliphatic heterocycles. The number of carboxylic acids is 1. The SMILES string of the molecule is O=C(CCCCC1CCSS1)OCCCCCCCCCCCCOC(=O)CCCCC1CCSS1.O=C(O)CCCCC1CCSS1.OCCCCCCCCCCCCO. The Balaban J connectivity index is 0.000000600. The topological polar surface area (TPSA) is 130 Å². The highest BCUT2D eigenvalue weighted by atomic mass is 33.1. The van der Waals surface area contributed by atoms with Crippen molar-refractivity contribution < 1.29 is 39.2 Å². The molecule has 0 bridgehead atoms. The Morgan fingerprint density at radius 2 is 0.677 bits per heavy atom. The first-order valence-electron chi connectivity index (χ1n) is 25.0. The molecule has 0 amide bonds. The first-order valence-corrected chi connectivity index (χ1v) is 32.2. The van der Waals surface area contributed by atoms with Crippen LogP contribution in [0.5, 0.6) is 0 Å². The predicted molar refractivity (Wildman–Crippen MR) is 277 cm³/mol. The van der Waals surface area contributed by atoms with Gasteiger partial charge in [-0.15, -0.1) is 0 Å². The number of hydrogen-bond acceptors (Lipinski definition) is 13. The fourth-order valence-corrected chi connectivity index (χ4v) is 16.5. The molecular formula is C48H90O8S6. The van der Waals surface area contributed by atoms with E-state index in [4.69, 9.17) is 24.8 Å². The lowest BCUT2D eigenvalue weighted by atomic mass is 10.1. The van der Waals surface area contributed by atoms with Gasteiger partial charge in [0.25, 0.3) is 0 Å². The number of carbonyl (C=O) groups is 3. The van der Waals surface area contributed by atoms with Crippen molar-refractivity contribution in [2.75, 3.05) is 43.7 Å². The number of ether oxygens (including phenoxy) is 2. The van der Waals surface area contributed by atoms with Crippen LogP contribution in [0.25, 0.3) is 0 Å². The Labute approximate surface area is 403 Å². The normalized spacial score (nSPS) is 18.2. The van der Waals surface area contributed by atoms with Crippen molar-refractivity contribution in [3.63, 3.8) is 0 Å². The molecule has 3 N–H and O–H groups in total. The molecule has 3 heterocycles. The summed E-state index contributed by atoms with van der Waals surface area (Å²) in [5, 5.41) is 28.0. The molecule has 62 heavy (non-hydrogen) atoms. The van der Waals surface area contributed by atoms with Crippen molar-refractivity contribution in [2.24, 2.45) is 0 Å². The van der Waals surface area contributed by atoms with Crippen molar-refractivity contribution in [3.05, 3.63) is 0 Å². The fraction of sp³-hybridized carbons (Fsp3) is 0.938. The van der Waals surface area contributed by atoms with Gasteiger partial charge in [0.05, 0.1) is 13.2 Å². The Bertz CT molecular complexity index is 937. The molecule has 3 atom stereocenters. The second-order valence-corrected chi connectivity index (χ2v) is 25.4. The van der Waals surface area contributed by atoms with E-state index < -0.39 is 5.97 Å². The van der Waals surface area contributed by atoms with Gasteiger partial charge in [-0.2, -0.15) is 0 Å². The van der Waals surface area contributed by atoms with E-state index in [0.29, 0.717) is 45.7 Å². The van der Waals surface area contributed by atoms with Gasteiger partial charge in [0.15, 0.2) is 0 Å². The smallest absolute Gasteiger partial charge is 0.305 e. The van der Waals surface area contributed by atoms with Crippen LogP contribution >= 0.6 is 64.8 Å². The third-order valence-electron chi connectivity index (χ3n) is 11.3. The van der Waals surface area contributed by atoms with Crippen LogP contribution in [-0.4, -0.2) is 92.7 Å². The maximum absolute atomic E-state index is 11.8. The van der Waals surface area contributed by atoms with Crippen LogP contribution in [0.3, 0.4) is 0 Å². The molecule has 366 valence electrons. The van der Waals surface area contributed by atoms with Crippen LogP contribution in [0.4, 0.5) is 0 Å². The predicted octanol–water partition coefficient (Wildman–Crippen LogP) is 15.1. The Kier molecular flexibility index (Phi) is 46.7. The molecule has 14 heteroatoms. The van der Waals surface area contributed by atoms with Gasteiger partial charge in [-0.05, 0) is 83.5 Å². The van der Waals surface area contributed by atoms with E-state index in [0.717, 1.165) is 92.8 Å². The Hall–Kier alpha value is 0.430. The Morgan fingerprint density at radius 3 is 0.952 bits per heavy atom. The minimum Gasteiger partial charge on any atom is -0.481 e. The molecule has 3 aliphatic rings. The standard InChI is InChI=1S/C28H50O4S4.C12H26O2.C8H14O2S2/c29-27(17-11-9-15-25-19-23-33-35-25)31-21-13-7-5-3-1-2-4-6-8-14-22-32-28(30)18-12-10-16-26-20-24-34-36-26;13-11-9-7-5-3-1-2-4-6-8-10-12-14;9-8(10)4-2-1-3-7-5-6-11-12-7/h25-26H,1-24H2;13-14H,1-12H2;7H,1-6H2,(H,9,10). The van der Waals surface area contributed by atoms with Gasteiger partial charge in [0, 0.05) is 65.5 Å². The van der Waals surface area contributed by atoms with E-state index >= 15 is 0 Å². The lowest BCUT2D eigenvalue weighted by Crippen LogP contribution is -2.06. The third kappa shape index (κ3) is 43.0. The average molecular weight is 988 g/mol. The van der Waals surface area contributed by atoms with Gasteiger partial charge in [-0.25, -0.2) is 0 Å². The number of aliphatic carboxylic acids is 1. The van der Waals surface area contributed by atoms with Crippen LogP contribution in [0.2, 0.25) is 0 Å². The number of aliphatic hydroxyl groups is 2. The number of esters is 2. The average Bonchev–Trinajstić information content (AvgIpc) is 4.10. The van der Waals surface area contributed by atoms with Crippen LogP contribution in [0.15, 0.2) is 0 Å². The largest absolute Gasteiger partial charge is 0.481 e. The molecule has 3 saturated heterocycles. The number of hydrogen-bond donors (Lipinski definition) is 3. The van der Waals surface area contributed by atoms with E-state index in [1.54, 1.807) is 0 Å². The van der Waals surface area contributed by atoms with Crippen LogP contribution < -0.4 is 0 Å². The van der Waals surface area contributed by atoms with Gasteiger partial charge in [0.1, 0.15) is 0 Å². The van der Waals surface area contributed by atoms with Crippen LogP contribution in [-0.2, 0) is 23.9 Å². The number of carbonyl (C=O) groups excluding carboxylic acids is 2. The summed E-state index contributed by atoms with van der Waals surface area (Å²) < 4.78 is 10.8. The molecule has 0 aliphatic carbocycles. The van der Waals surface area contributed by atoms with Crippen LogP contribution in [0, 0.1) is 0 Å². The highest BCUT2D eigenvalue weighted by Gasteiger charge is 2.18. The molecular weight excluding hydrogens is 897 g/mol. The van der Waals surface area contributed by atoms with E-state index in [1.165, 1.54) is 146 Å². The quantitative estimate of drug-likeness (QED) is 0.0307. The summed E-state index contributed by atoms with van der Waals surface area (Å²) in [4.78, 5) is 33.8. The number of carboxylic acid groups (broad SMARTS) is 1. The molecule has 3 fully saturated rings. The minimum absolute atomic E-state index is 0.00802. The lowest BCUT2D eigenvalue weighted by Gasteiger charge is -2.08. The number of rotatable bonds is 39. The van der Waals surface area contributed by atoms with E-state index in [-0.39, 0.29) is 11.9 Å². The fourth-order valence-electron chi connectivity index (χ4n) is 7.40. The summed E-state index contributed by atoms with van der Waals surface area (Å²) in [6.45, 7) is 1.89. The Morgan fingerprint density at radius 1 is 0.387 bits per heavy atom. The zero-order valence-electron chi connectivity index (χ0n) is 38.8. The summed E-state index contributed by atoms with van der Waals surface area (Å²) in [7, 11) is 11.9. The highest BCUT2D eigenvalue weighted by Crippen LogP contribution is 2.41. The van der Waals surface area contributed by atoms with Crippen molar-refractivity contribution in [1.82, 2.24) is 0 Å². The van der Waals surface area contributed by atoms with Gasteiger partial charge >= 0.3 is 17.9 Å². The molecule has 8 nitrogen and oxygen atoms in total. The van der Waals surface area contributed by atoms with Gasteiger partial charge in [-0.1, -0.05) is 187 Å². The summed E-state index contributed by atoms with van der Waals surface area (Å²) in [6.07, 6.45) is 39.5. The van der Waals surface area contributed by atoms with E-state index in [1.807, 2.05) is 64.8 Å². The highest BCUT2D eigenvalue weighted by molar-refractivity contribution is 8.78. The van der Waals surface area contributed by atoms with Crippen molar-refractivity contribution in [3.8, 4) is 0 Å². The molecule has 0 radical (unpaired) electrons. The molecule has 3 rings (SSSR count). The maximum Gasteiger partial charge on any atom is 0.305 e. The second-order valence-electron chi connectivity index (χ2n) is 17.1. The van der Waals surface area contributed by atoms with Gasteiger partial charge in [0.2, 0.25) is 0 Å². The molecule has 3 unspecified atom stereocenters. The molecule has 0 aromatic carbocycles. The summed E-state index contributed by atoms with van der Waals surface area (Å²) in [5.41, 5.74) is 0. The van der Waals surface area contributed by atoms with Crippen LogP contribution in [0.1, 0.15) is 225 Å².